The van der Waals surface area contributed by atoms with E-state index in [1.807, 2.05) is 20.8 Å². The number of hydrogen-bond acceptors (Lipinski definition) is 5. The lowest BCUT2D eigenvalue weighted by atomic mass is 10.1. The van der Waals surface area contributed by atoms with Crippen LogP contribution in [0.25, 0.3) is 0 Å². The maximum atomic E-state index is 13.4. The van der Waals surface area contributed by atoms with Crippen molar-refractivity contribution in [1.29, 1.82) is 0 Å². The predicted molar refractivity (Wildman–Crippen MR) is 116 cm³/mol. The molecular weight excluding hydrogens is 425 g/mol. The Morgan fingerprint density at radius 3 is 1.97 bits per heavy atom. The van der Waals surface area contributed by atoms with Gasteiger partial charge in [0.1, 0.15) is 0 Å². The van der Waals surface area contributed by atoms with E-state index in [1.54, 1.807) is 36.4 Å². The smallest absolute Gasteiger partial charge is 0.268 e. The minimum absolute atomic E-state index is 0.130. The summed E-state index contributed by atoms with van der Waals surface area (Å²) in [4.78, 5) is 28.9. The van der Waals surface area contributed by atoms with Crippen LogP contribution < -0.4 is 4.90 Å². The fourth-order valence-electron chi connectivity index (χ4n) is 2.82. The average Bonchev–Trinajstić information content (AvgIpc) is 3.14. The van der Waals surface area contributed by atoms with Crippen LogP contribution in [0, 0.1) is 13.8 Å². The van der Waals surface area contributed by atoms with Gasteiger partial charge in [0.05, 0.1) is 27.7 Å². The molecule has 3 aromatic rings. The lowest BCUT2D eigenvalue weighted by Gasteiger charge is -2.18. The van der Waals surface area contributed by atoms with Gasteiger partial charge in [0.2, 0.25) is 0 Å². The van der Waals surface area contributed by atoms with Crippen LogP contribution in [0.1, 0.15) is 51.6 Å². The van der Waals surface area contributed by atoms with Gasteiger partial charge in [0, 0.05) is 0 Å². The molecule has 0 bridgehead atoms. The Labute approximate surface area is 184 Å². The van der Waals surface area contributed by atoms with Crippen LogP contribution in [0.3, 0.4) is 0 Å². The number of carbonyl (C=O) groups excluding carboxylic acids is 2. The third-order valence-corrected chi connectivity index (χ3v) is 5.10. The molecule has 0 N–H and O–H groups in total. The van der Waals surface area contributed by atoms with Gasteiger partial charge < -0.3 is 0 Å². The molecule has 0 aliphatic carbocycles. The van der Waals surface area contributed by atoms with Crippen LogP contribution in [0.15, 0.2) is 36.4 Å². The van der Waals surface area contributed by atoms with Gasteiger partial charge in [-0.1, -0.05) is 53.8 Å². The maximum Gasteiger partial charge on any atom is 0.280 e. The number of carbonyl (C=O) groups is 2. The maximum absolute atomic E-state index is 13.4. The number of aromatic nitrogens is 4. The number of anilines is 1. The first-order valence-corrected chi connectivity index (χ1v) is 10.3. The SMILES string of the molecule is CCCCn1nnc(N(C(=O)c2ccc(C)cc2Cl)C(=O)c2ccc(C)cc2Cl)n1. The van der Waals surface area contributed by atoms with Gasteiger partial charge in [-0.15, -0.1) is 5.10 Å². The molecule has 0 fully saturated rings. The van der Waals surface area contributed by atoms with E-state index in [0.717, 1.165) is 28.9 Å². The van der Waals surface area contributed by atoms with E-state index >= 15 is 0 Å². The number of aryl methyl sites for hydroxylation is 3. The molecule has 2 amide bonds. The van der Waals surface area contributed by atoms with Crippen molar-refractivity contribution in [3.8, 4) is 0 Å². The van der Waals surface area contributed by atoms with Crippen LogP contribution in [0.2, 0.25) is 10.0 Å². The molecule has 0 aliphatic heterocycles. The van der Waals surface area contributed by atoms with Gasteiger partial charge in [-0.25, -0.2) is 4.90 Å². The molecular formula is C21H21Cl2N5O2. The second kappa shape index (κ2) is 9.36. The first kappa shape index (κ1) is 21.9. The number of tetrazole rings is 1. The van der Waals surface area contributed by atoms with E-state index in [4.69, 9.17) is 23.2 Å². The van der Waals surface area contributed by atoms with Crippen LogP contribution in [-0.4, -0.2) is 32.0 Å². The third kappa shape index (κ3) is 4.68. The lowest BCUT2D eigenvalue weighted by Crippen LogP contribution is -2.38. The second-order valence-corrected chi connectivity index (χ2v) is 7.77. The predicted octanol–water partition coefficient (Wildman–Crippen LogP) is 4.88. The highest BCUT2D eigenvalue weighted by Gasteiger charge is 2.32. The number of benzene rings is 2. The van der Waals surface area contributed by atoms with Crippen molar-refractivity contribution in [2.45, 2.75) is 40.2 Å². The zero-order valence-electron chi connectivity index (χ0n) is 16.9. The second-order valence-electron chi connectivity index (χ2n) is 6.95. The monoisotopic (exact) mass is 445 g/mol. The molecule has 1 heterocycles. The Morgan fingerprint density at radius 2 is 1.50 bits per heavy atom. The molecule has 0 saturated heterocycles. The quantitative estimate of drug-likeness (QED) is 0.504. The molecule has 1 aromatic heterocycles. The molecule has 0 spiro atoms. The van der Waals surface area contributed by atoms with Crippen molar-refractivity contribution in [2.75, 3.05) is 4.90 Å². The summed E-state index contributed by atoms with van der Waals surface area (Å²) in [5.74, 6) is -1.44. The van der Waals surface area contributed by atoms with E-state index in [9.17, 15) is 9.59 Å². The zero-order valence-corrected chi connectivity index (χ0v) is 18.4. The Kier molecular flexibility index (Phi) is 6.84. The van der Waals surface area contributed by atoms with E-state index in [0.29, 0.717) is 6.54 Å². The Morgan fingerprint density at radius 1 is 0.967 bits per heavy atom. The van der Waals surface area contributed by atoms with E-state index in [1.165, 1.54) is 4.80 Å². The van der Waals surface area contributed by atoms with Crippen LogP contribution >= 0.6 is 23.2 Å². The molecule has 0 radical (unpaired) electrons. The molecule has 0 aliphatic rings. The Hall–Kier alpha value is -2.77. The van der Waals surface area contributed by atoms with Gasteiger partial charge in [-0.3, -0.25) is 9.59 Å². The van der Waals surface area contributed by atoms with Crippen molar-refractivity contribution in [3.05, 3.63) is 68.7 Å². The molecule has 9 heteroatoms. The van der Waals surface area contributed by atoms with E-state index in [-0.39, 0.29) is 27.1 Å². The lowest BCUT2D eigenvalue weighted by molar-refractivity contribution is 0.0895. The van der Waals surface area contributed by atoms with Crippen molar-refractivity contribution >= 4 is 41.0 Å². The van der Waals surface area contributed by atoms with Gasteiger partial charge in [-0.05, 0) is 60.9 Å². The largest absolute Gasteiger partial charge is 0.280 e. The van der Waals surface area contributed by atoms with Crippen molar-refractivity contribution in [2.24, 2.45) is 0 Å². The summed E-state index contributed by atoms with van der Waals surface area (Å²) in [5.41, 5.74) is 2.09. The molecule has 0 unspecified atom stereocenters. The van der Waals surface area contributed by atoms with E-state index in [2.05, 4.69) is 15.4 Å². The summed E-state index contributed by atoms with van der Waals surface area (Å²) in [6.07, 6.45) is 1.78. The standard InChI is InChI=1S/C21H21Cl2N5O2/c1-4-5-10-27-25-21(24-26-27)28(19(29)15-8-6-13(2)11-17(15)22)20(30)16-9-7-14(3)12-18(16)23/h6-9,11-12H,4-5,10H2,1-3H3. The molecule has 3 rings (SSSR count). The average molecular weight is 446 g/mol. The summed E-state index contributed by atoms with van der Waals surface area (Å²) < 4.78 is 0. The topological polar surface area (TPSA) is 81.0 Å². The molecule has 7 nitrogen and oxygen atoms in total. The fraction of sp³-hybridized carbons (Fsp3) is 0.286. The zero-order chi connectivity index (χ0) is 21.8. The number of unbranched alkanes of at least 4 members (excludes halogenated alkanes) is 1. The highest BCUT2D eigenvalue weighted by molar-refractivity contribution is 6.38. The first-order chi connectivity index (χ1) is 14.3. The van der Waals surface area contributed by atoms with Gasteiger partial charge >= 0.3 is 0 Å². The molecule has 156 valence electrons. The summed E-state index contributed by atoms with van der Waals surface area (Å²) in [7, 11) is 0. The number of nitrogens with zero attached hydrogens (tertiary/aromatic N) is 5. The molecule has 30 heavy (non-hydrogen) atoms. The number of rotatable bonds is 6. The fourth-order valence-corrected chi connectivity index (χ4v) is 3.45. The normalized spacial score (nSPS) is 10.8. The number of amides is 2. The van der Waals surface area contributed by atoms with Crippen LogP contribution in [0.4, 0.5) is 5.95 Å². The summed E-state index contributed by atoms with van der Waals surface area (Å²) in [5, 5.41) is 12.6. The summed E-state index contributed by atoms with van der Waals surface area (Å²) in [6, 6.07) is 9.93. The Bertz CT molecular complexity index is 1030. The number of halogens is 2. The number of imide groups is 1. The first-order valence-electron chi connectivity index (χ1n) is 9.50. The van der Waals surface area contributed by atoms with Gasteiger partial charge in [0.15, 0.2) is 0 Å². The summed E-state index contributed by atoms with van der Waals surface area (Å²) in [6.45, 7) is 6.28. The van der Waals surface area contributed by atoms with Crippen molar-refractivity contribution in [1.82, 2.24) is 20.2 Å². The van der Waals surface area contributed by atoms with Crippen molar-refractivity contribution < 1.29 is 9.59 Å². The minimum Gasteiger partial charge on any atom is -0.268 e. The van der Waals surface area contributed by atoms with Gasteiger partial charge in [-0.2, -0.15) is 4.80 Å². The molecule has 2 aromatic carbocycles. The molecule has 0 atom stereocenters. The van der Waals surface area contributed by atoms with Crippen LogP contribution in [-0.2, 0) is 6.54 Å². The van der Waals surface area contributed by atoms with E-state index < -0.39 is 11.8 Å². The van der Waals surface area contributed by atoms with Crippen LogP contribution in [0.5, 0.6) is 0 Å². The van der Waals surface area contributed by atoms with Gasteiger partial charge in [0.25, 0.3) is 17.8 Å². The molecule has 0 saturated carbocycles. The number of hydrogen-bond donors (Lipinski definition) is 0. The highest BCUT2D eigenvalue weighted by atomic mass is 35.5. The minimum atomic E-state index is -0.656. The highest BCUT2D eigenvalue weighted by Crippen LogP contribution is 2.25. The third-order valence-electron chi connectivity index (χ3n) is 4.47. The summed E-state index contributed by atoms with van der Waals surface area (Å²) >= 11 is 12.6. The Balaban J connectivity index is 2.07. The van der Waals surface area contributed by atoms with Crippen molar-refractivity contribution in [3.63, 3.8) is 0 Å².